The third-order valence-electron chi connectivity index (χ3n) is 15.0. The van der Waals surface area contributed by atoms with Crippen molar-refractivity contribution in [3.05, 3.63) is 36.5 Å². The lowest BCUT2D eigenvalue weighted by molar-refractivity contribution is -0.305. The topological polar surface area (TPSA) is 175 Å². The van der Waals surface area contributed by atoms with Gasteiger partial charge in [-0.2, -0.15) is 0 Å². The summed E-state index contributed by atoms with van der Waals surface area (Å²) >= 11 is 0. The smallest absolute Gasteiger partial charge is 0.306 e. The van der Waals surface area contributed by atoms with Crippen molar-refractivity contribution in [2.75, 3.05) is 13.2 Å². The molecule has 0 spiro atoms. The molecule has 0 aromatic carbocycles. The normalized spacial score (nSPS) is 19.4. The number of nitrogens with one attached hydrogen (secondary N) is 1. The third-order valence-corrected chi connectivity index (χ3v) is 15.0. The molecule has 11 heteroatoms. The van der Waals surface area contributed by atoms with Crippen LogP contribution in [0.15, 0.2) is 36.5 Å². The minimum Gasteiger partial charge on any atom is -0.454 e. The molecule has 0 aromatic heterocycles. The summed E-state index contributed by atoms with van der Waals surface area (Å²) in [5.41, 5.74) is 0. The van der Waals surface area contributed by atoms with E-state index in [2.05, 4.69) is 50.4 Å². The van der Waals surface area contributed by atoms with E-state index in [4.69, 9.17) is 14.2 Å². The molecule has 0 aromatic rings. The van der Waals surface area contributed by atoms with Crippen LogP contribution in [-0.2, 0) is 23.8 Å². The highest BCUT2D eigenvalue weighted by atomic mass is 16.7. The Labute approximate surface area is 460 Å². The molecule has 1 heterocycles. The average molecular weight is 1060 g/mol. The Kier molecular flexibility index (Phi) is 49.7. The van der Waals surface area contributed by atoms with E-state index in [0.717, 1.165) is 64.2 Å². The number of amides is 1. The number of carbonyl (C=O) groups excluding carboxylic acids is 2. The van der Waals surface area contributed by atoms with E-state index in [-0.39, 0.29) is 13.0 Å². The van der Waals surface area contributed by atoms with Crippen LogP contribution < -0.4 is 5.32 Å². The fraction of sp³-hybridized carbons (Fsp3) is 0.875. The predicted octanol–water partition coefficient (Wildman–Crippen LogP) is 15.1. The van der Waals surface area contributed by atoms with Crippen LogP contribution in [-0.4, -0.2) is 99.6 Å². The summed E-state index contributed by atoms with van der Waals surface area (Å²) in [6.07, 6.45) is 52.0. The SMILES string of the molecule is CCCCCCCC/C=C\CCCCCC(=O)OC1C(OCC(NC(=O)C(O)CCCCCCCCCCCCCC/C=C/CCCCCCCC)C(O)/C=C/CCCCCCCCCCC)OC(CO)C(O)C1O. The van der Waals surface area contributed by atoms with E-state index < -0.39 is 67.4 Å². The molecule has 1 amide bonds. The maximum absolute atomic E-state index is 13.4. The highest BCUT2D eigenvalue weighted by molar-refractivity contribution is 5.80. The number of ether oxygens (including phenoxy) is 3. The van der Waals surface area contributed by atoms with Gasteiger partial charge in [-0.15, -0.1) is 0 Å². The van der Waals surface area contributed by atoms with E-state index in [1.165, 1.54) is 186 Å². The zero-order chi connectivity index (χ0) is 54.7. The first kappa shape index (κ1) is 70.9. The van der Waals surface area contributed by atoms with Crippen molar-refractivity contribution in [3.8, 4) is 0 Å². The van der Waals surface area contributed by atoms with E-state index >= 15 is 0 Å². The van der Waals surface area contributed by atoms with Crippen LogP contribution >= 0.6 is 0 Å². The minimum absolute atomic E-state index is 0.105. The van der Waals surface area contributed by atoms with Gasteiger partial charge >= 0.3 is 5.97 Å². The van der Waals surface area contributed by atoms with Gasteiger partial charge < -0.3 is 45.1 Å². The molecule has 1 saturated heterocycles. The fourth-order valence-electron chi connectivity index (χ4n) is 9.94. The van der Waals surface area contributed by atoms with Crippen molar-refractivity contribution in [3.63, 3.8) is 0 Å². The number of esters is 1. The summed E-state index contributed by atoms with van der Waals surface area (Å²) in [5, 5.41) is 56.9. The zero-order valence-corrected chi connectivity index (χ0v) is 48.7. The third kappa shape index (κ3) is 40.7. The van der Waals surface area contributed by atoms with Crippen LogP contribution in [0.25, 0.3) is 0 Å². The number of allylic oxidation sites excluding steroid dienone is 5. The van der Waals surface area contributed by atoms with Crippen molar-refractivity contribution in [1.82, 2.24) is 5.32 Å². The van der Waals surface area contributed by atoms with E-state index in [1.807, 2.05) is 6.08 Å². The van der Waals surface area contributed by atoms with Gasteiger partial charge in [0.1, 0.15) is 24.4 Å². The summed E-state index contributed by atoms with van der Waals surface area (Å²) in [7, 11) is 0. The molecule has 1 aliphatic heterocycles. The first-order valence-electron chi connectivity index (χ1n) is 31.8. The summed E-state index contributed by atoms with van der Waals surface area (Å²) in [6.45, 7) is 5.78. The van der Waals surface area contributed by atoms with Gasteiger partial charge in [0.15, 0.2) is 12.4 Å². The largest absolute Gasteiger partial charge is 0.454 e. The van der Waals surface area contributed by atoms with E-state index in [1.54, 1.807) is 6.08 Å². The summed E-state index contributed by atoms with van der Waals surface area (Å²) < 4.78 is 17.6. The maximum Gasteiger partial charge on any atom is 0.306 e. The fourth-order valence-corrected chi connectivity index (χ4v) is 9.94. The van der Waals surface area contributed by atoms with Crippen molar-refractivity contribution in [2.24, 2.45) is 0 Å². The first-order valence-corrected chi connectivity index (χ1v) is 31.8. The zero-order valence-electron chi connectivity index (χ0n) is 48.7. The van der Waals surface area contributed by atoms with Crippen LogP contribution in [0.2, 0.25) is 0 Å². The van der Waals surface area contributed by atoms with Gasteiger partial charge in [-0.3, -0.25) is 9.59 Å². The monoisotopic (exact) mass is 1060 g/mol. The van der Waals surface area contributed by atoms with Gasteiger partial charge in [0.05, 0.1) is 25.4 Å². The van der Waals surface area contributed by atoms with Gasteiger partial charge in [0.25, 0.3) is 0 Å². The van der Waals surface area contributed by atoms with Crippen LogP contribution in [0.3, 0.4) is 0 Å². The highest BCUT2D eigenvalue weighted by Gasteiger charge is 2.47. The number of carbonyl (C=O) groups is 2. The Bertz CT molecular complexity index is 1360. The quantitative estimate of drug-likeness (QED) is 0.0195. The Morgan fingerprint density at radius 1 is 0.507 bits per heavy atom. The molecule has 8 atom stereocenters. The molecule has 1 rings (SSSR count). The lowest BCUT2D eigenvalue weighted by atomic mass is 9.99. The second kappa shape index (κ2) is 52.6. The second-order valence-corrected chi connectivity index (χ2v) is 22.1. The molecule has 11 nitrogen and oxygen atoms in total. The predicted molar refractivity (Wildman–Crippen MR) is 311 cm³/mol. The first-order chi connectivity index (χ1) is 36.7. The molecular weight excluding hydrogens is 943 g/mol. The molecule has 75 heavy (non-hydrogen) atoms. The Morgan fingerprint density at radius 3 is 1.29 bits per heavy atom. The van der Waals surface area contributed by atoms with Crippen LogP contribution in [0.1, 0.15) is 297 Å². The summed E-state index contributed by atoms with van der Waals surface area (Å²) in [6, 6.07) is -1.02. The molecule has 0 radical (unpaired) electrons. The average Bonchev–Trinajstić information content (AvgIpc) is 3.41. The second-order valence-electron chi connectivity index (χ2n) is 22.1. The number of unbranched alkanes of at least 4 members (excludes halogenated alkanes) is 36. The van der Waals surface area contributed by atoms with Gasteiger partial charge in [0, 0.05) is 6.42 Å². The molecule has 1 fully saturated rings. The molecule has 0 saturated carbocycles. The van der Waals surface area contributed by atoms with Crippen molar-refractivity contribution in [2.45, 2.75) is 346 Å². The summed E-state index contributed by atoms with van der Waals surface area (Å²) in [4.78, 5) is 26.5. The lowest BCUT2D eigenvalue weighted by Crippen LogP contribution is -2.61. The van der Waals surface area contributed by atoms with Gasteiger partial charge in [-0.05, 0) is 77.0 Å². The molecule has 8 unspecified atom stereocenters. The number of hydrogen-bond acceptors (Lipinski definition) is 10. The van der Waals surface area contributed by atoms with Crippen LogP contribution in [0.5, 0.6) is 0 Å². The molecule has 440 valence electrons. The Morgan fingerprint density at radius 2 is 0.880 bits per heavy atom. The Balaban J connectivity index is 2.62. The standard InChI is InChI=1S/C64H119NO10/c1-4-7-10-13-16-19-22-24-25-26-27-28-29-30-31-32-34-36-39-42-45-48-51-57(68)63(72)65-55(56(67)50-47-44-41-38-35-21-18-15-12-9-6-3)54-73-64-62(61(71)60(70)58(53-66)74-64)75-59(69)52-49-46-43-40-37-33-23-20-17-14-11-8-5-2/h24-25,33,37,47,50,55-58,60-62,64,66-68,70-71H,4-23,26-32,34-36,38-46,48-49,51-54H2,1-3H3,(H,65,72)/b25-24+,37-33-,50-47+. The van der Waals surface area contributed by atoms with Crippen molar-refractivity contribution < 1.29 is 49.3 Å². The lowest BCUT2D eigenvalue weighted by Gasteiger charge is -2.41. The Hall–Kier alpha value is -2.12. The number of aliphatic hydroxyl groups is 5. The number of hydrogen-bond donors (Lipinski definition) is 6. The van der Waals surface area contributed by atoms with Crippen LogP contribution in [0, 0.1) is 0 Å². The van der Waals surface area contributed by atoms with Crippen molar-refractivity contribution in [1.29, 1.82) is 0 Å². The number of rotatable bonds is 54. The molecular formula is C64H119NO10. The van der Waals surface area contributed by atoms with E-state index in [0.29, 0.717) is 19.3 Å². The molecule has 0 aliphatic carbocycles. The minimum atomic E-state index is -1.62. The number of aliphatic hydroxyl groups excluding tert-OH is 5. The highest BCUT2D eigenvalue weighted by Crippen LogP contribution is 2.26. The van der Waals surface area contributed by atoms with E-state index in [9.17, 15) is 35.1 Å². The van der Waals surface area contributed by atoms with Gasteiger partial charge in [0.2, 0.25) is 5.91 Å². The maximum atomic E-state index is 13.4. The molecule has 1 aliphatic rings. The van der Waals surface area contributed by atoms with Crippen LogP contribution in [0.4, 0.5) is 0 Å². The molecule has 6 N–H and O–H groups in total. The van der Waals surface area contributed by atoms with Gasteiger partial charge in [-0.1, -0.05) is 250 Å². The summed E-state index contributed by atoms with van der Waals surface area (Å²) in [5.74, 6) is -1.20. The molecule has 0 bridgehead atoms. The van der Waals surface area contributed by atoms with Gasteiger partial charge in [-0.25, -0.2) is 0 Å². The van der Waals surface area contributed by atoms with Crippen molar-refractivity contribution >= 4 is 11.9 Å².